The van der Waals surface area contributed by atoms with Gasteiger partial charge in [0.2, 0.25) is 0 Å². The van der Waals surface area contributed by atoms with Gasteiger partial charge in [-0.05, 0) is 37.6 Å². The van der Waals surface area contributed by atoms with Crippen LogP contribution in [0.15, 0.2) is 42.5 Å². The third kappa shape index (κ3) is 3.01. The average Bonchev–Trinajstić information content (AvgIpc) is 2.92. The lowest BCUT2D eigenvalue weighted by atomic mass is 10.1. The molecule has 0 bridgehead atoms. The van der Waals surface area contributed by atoms with E-state index in [1.54, 1.807) is 0 Å². The highest BCUT2D eigenvalue weighted by Crippen LogP contribution is 2.11. The summed E-state index contributed by atoms with van der Waals surface area (Å²) in [5.41, 5.74) is 4.81. The molecule has 0 radical (unpaired) electrons. The monoisotopic (exact) mass is 293 g/mol. The van der Waals surface area contributed by atoms with Gasteiger partial charge in [0, 0.05) is 18.5 Å². The number of carbonyl (C=O) groups excluding carboxylic acids is 1. The first kappa shape index (κ1) is 14.3. The van der Waals surface area contributed by atoms with Crippen molar-refractivity contribution in [1.29, 1.82) is 0 Å². The van der Waals surface area contributed by atoms with Crippen LogP contribution in [0.5, 0.6) is 0 Å². The molecule has 3 rings (SSSR count). The number of para-hydroxylation sites is 2. The predicted molar refractivity (Wildman–Crippen MR) is 88.0 cm³/mol. The van der Waals surface area contributed by atoms with Crippen molar-refractivity contribution in [3.63, 3.8) is 0 Å². The summed E-state index contributed by atoms with van der Waals surface area (Å²) in [5.74, 6) is 0.861. The van der Waals surface area contributed by atoms with Gasteiger partial charge in [0.15, 0.2) is 0 Å². The van der Waals surface area contributed by atoms with Crippen LogP contribution < -0.4 is 5.32 Å². The third-order valence-electron chi connectivity index (χ3n) is 3.72. The Morgan fingerprint density at radius 1 is 1.18 bits per heavy atom. The minimum Gasteiger partial charge on any atom is -0.352 e. The Hall–Kier alpha value is -2.62. The first-order chi connectivity index (χ1) is 10.6. The van der Waals surface area contributed by atoms with E-state index in [2.05, 4.69) is 15.3 Å². The van der Waals surface area contributed by atoms with Crippen molar-refractivity contribution in [2.45, 2.75) is 20.3 Å². The molecule has 112 valence electrons. The smallest absolute Gasteiger partial charge is 0.251 e. The molecule has 1 heterocycles. The molecule has 0 spiro atoms. The predicted octanol–water partition coefficient (Wildman–Crippen LogP) is 3.15. The Kier molecular flexibility index (Phi) is 3.92. The van der Waals surface area contributed by atoms with Gasteiger partial charge >= 0.3 is 0 Å². The molecule has 0 aliphatic rings. The van der Waals surface area contributed by atoms with Crippen molar-refractivity contribution >= 4 is 16.9 Å². The molecule has 0 aliphatic carbocycles. The summed E-state index contributed by atoms with van der Waals surface area (Å²) < 4.78 is 0. The number of H-pyrrole nitrogens is 1. The minimum absolute atomic E-state index is 0.0303. The number of fused-ring (bicyclic) bond motifs is 1. The number of hydrogen-bond donors (Lipinski definition) is 2. The average molecular weight is 293 g/mol. The number of aromatic amines is 1. The molecule has 0 fully saturated rings. The Labute approximate surface area is 129 Å². The lowest BCUT2D eigenvalue weighted by Crippen LogP contribution is -2.26. The Balaban J connectivity index is 1.62. The number of aryl methyl sites for hydroxylation is 2. The normalized spacial score (nSPS) is 10.8. The molecule has 4 heteroatoms. The van der Waals surface area contributed by atoms with E-state index in [1.807, 2.05) is 56.3 Å². The maximum atomic E-state index is 12.2. The van der Waals surface area contributed by atoms with Gasteiger partial charge in [0.25, 0.3) is 5.91 Å². The number of carbonyl (C=O) groups is 1. The molecule has 3 aromatic rings. The highest BCUT2D eigenvalue weighted by molar-refractivity contribution is 5.95. The van der Waals surface area contributed by atoms with Gasteiger partial charge in [-0.25, -0.2) is 4.98 Å². The fraction of sp³-hybridized carbons (Fsp3) is 0.222. The van der Waals surface area contributed by atoms with Crippen LogP contribution >= 0.6 is 0 Å². The summed E-state index contributed by atoms with van der Waals surface area (Å²) in [6.07, 6.45) is 0.686. The van der Waals surface area contributed by atoms with Crippen molar-refractivity contribution in [3.8, 4) is 0 Å². The van der Waals surface area contributed by atoms with Crippen LogP contribution in [-0.2, 0) is 6.42 Å². The summed E-state index contributed by atoms with van der Waals surface area (Å²) in [5, 5.41) is 2.96. The van der Waals surface area contributed by atoms with Gasteiger partial charge in [-0.1, -0.05) is 29.8 Å². The summed E-state index contributed by atoms with van der Waals surface area (Å²) in [7, 11) is 0. The number of hydrogen-bond acceptors (Lipinski definition) is 2. The Bertz CT molecular complexity index is 787. The van der Waals surface area contributed by atoms with Crippen LogP contribution in [0, 0.1) is 13.8 Å². The zero-order chi connectivity index (χ0) is 15.5. The SMILES string of the molecule is Cc1ccc(C)c(C(=O)NCCc2nc3ccccc3[nH]2)c1. The van der Waals surface area contributed by atoms with E-state index >= 15 is 0 Å². The molecule has 2 N–H and O–H groups in total. The zero-order valence-electron chi connectivity index (χ0n) is 12.8. The second-order valence-corrected chi connectivity index (χ2v) is 5.52. The van der Waals surface area contributed by atoms with Crippen LogP contribution in [0.2, 0.25) is 0 Å². The molecule has 0 unspecified atom stereocenters. The van der Waals surface area contributed by atoms with Crippen molar-refractivity contribution in [2.75, 3.05) is 6.54 Å². The molecule has 22 heavy (non-hydrogen) atoms. The molecule has 0 atom stereocenters. The largest absolute Gasteiger partial charge is 0.352 e. The molecule has 0 aliphatic heterocycles. The standard InChI is InChI=1S/C18H19N3O/c1-12-7-8-13(2)14(11-12)18(22)19-10-9-17-20-15-5-3-4-6-16(15)21-17/h3-8,11H,9-10H2,1-2H3,(H,19,22)(H,20,21). The highest BCUT2D eigenvalue weighted by atomic mass is 16.1. The third-order valence-corrected chi connectivity index (χ3v) is 3.72. The molecular weight excluding hydrogens is 274 g/mol. The van der Waals surface area contributed by atoms with Crippen LogP contribution in [0.4, 0.5) is 0 Å². The Morgan fingerprint density at radius 2 is 2.00 bits per heavy atom. The van der Waals surface area contributed by atoms with E-state index in [1.165, 1.54) is 0 Å². The van der Waals surface area contributed by atoms with E-state index in [9.17, 15) is 4.79 Å². The van der Waals surface area contributed by atoms with Gasteiger partial charge in [0.1, 0.15) is 5.82 Å². The maximum absolute atomic E-state index is 12.2. The van der Waals surface area contributed by atoms with Gasteiger partial charge in [-0.3, -0.25) is 4.79 Å². The molecule has 4 nitrogen and oxygen atoms in total. The van der Waals surface area contributed by atoms with Crippen LogP contribution in [0.1, 0.15) is 27.3 Å². The van der Waals surface area contributed by atoms with E-state index in [-0.39, 0.29) is 5.91 Å². The molecule has 1 aromatic heterocycles. The minimum atomic E-state index is -0.0303. The number of rotatable bonds is 4. The molecule has 0 saturated carbocycles. The fourth-order valence-electron chi connectivity index (χ4n) is 2.49. The number of nitrogens with one attached hydrogen (secondary N) is 2. The van der Waals surface area contributed by atoms with Gasteiger partial charge in [-0.2, -0.15) is 0 Å². The number of amides is 1. The molecule has 0 saturated heterocycles. The van der Waals surface area contributed by atoms with Crippen molar-refractivity contribution in [2.24, 2.45) is 0 Å². The fourth-order valence-corrected chi connectivity index (χ4v) is 2.49. The second kappa shape index (κ2) is 6.02. The van der Waals surface area contributed by atoms with Gasteiger partial charge in [-0.15, -0.1) is 0 Å². The Morgan fingerprint density at radius 3 is 2.82 bits per heavy atom. The van der Waals surface area contributed by atoms with Crippen LogP contribution in [0.25, 0.3) is 11.0 Å². The summed E-state index contributed by atoms with van der Waals surface area (Å²) in [4.78, 5) is 20.0. The number of benzene rings is 2. The zero-order valence-corrected chi connectivity index (χ0v) is 12.8. The van der Waals surface area contributed by atoms with Crippen molar-refractivity contribution in [1.82, 2.24) is 15.3 Å². The number of imidazole rings is 1. The van der Waals surface area contributed by atoms with Gasteiger partial charge in [0.05, 0.1) is 11.0 Å². The topological polar surface area (TPSA) is 57.8 Å². The van der Waals surface area contributed by atoms with Gasteiger partial charge < -0.3 is 10.3 Å². The first-order valence-corrected chi connectivity index (χ1v) is 7.42. The summed E-state index contributed by atoms with van der Waals surface area (Å²) in [6.45, 7) is 4.50. The first-order valence-electron chi connectivity index (χ1n) is 7.42. The number of aromatic nitrogens is 2. The quantitative estimate of drug-likeness (QED) is 0.776. The second-order valence-electron chi connectivity index (χ2n) is 5.52. The van der Waals surface area contributed by atoms with Crippen LogP contribution in [-0.4, -0.2) is 22.4 Å². The summed E-state index contributed by atoms with van der Waals surface area (Å²) in [6, 6.07) is 13.8. The van der Waals surface area contributed by atoms with E-state index in [0.29, 0.717) is 13.0 Å². The molecule has 1 amide bonds. The highest BCUT2D eigenvalue weighted by Gasteiger charge is 2.09. The maximum Gasteiger partial charge on any atom is 0.251 e. The molecule has 2 aromatic carbocycles. The summed E-state index contributed by atoms with van der Waals surface area (Å²) >= 11 is 0. The molecular formula is C18H19N3O. The number of nitrogens with zero attached hydrogens (tertiary/aromatic N) is 1. The van der Waals surface area contributed by atoms with Crippen molar-refractivity contribution < 1.29 is 4.79 Å². The van der Waals surface area contributed by atoms with E-state index < -0.39 is 0 Å². The van der Waals surface area contributed by atoms with E-state index in [4.69, 9.17) is 0 Å². The lowest BCUT2D eigenvalue weighted by Gasteiger charge is -2.08. The van der Waals surface area contributed by atoms with Crippen LogP contribution in [0.3, 0.4) is 0 Å². The van der Waals surface area contributed by atoms with Crippen molar-refractivity contribution in [3.05, 3.63) is 65.0 Å². The van der Waals surface area contributed by atoms with E-state index in [0.717, 1.165) is 33.5 Å². The lowest BCUT2D eigenvalue weighted by molar-refractivity contribution is 0.0953.